The number of nitrogens with zero attached hydrogens (tertiary/aromatic N) is 3. The summed E-state index contributed by atoms with van der Waals surface area (Å²) in [6.45, 7) is 1.80. The number of aryl methyl sites for hydroxylation is 1. The Morgan fingerprint density at radius 3 is 2.52 bits per heavy atom. The van der Waals surface area contributed by atoms with E-state index in [0.717, 1.165) is 18.9 Å². The minimum absolute atomic E-state index is 0.312. The van der Waals surface area contributed by atoms with Crippen LogP contribution in [0.3, 0.4) is 0 Å². The number of anilines is 1. The molecule has 0 aliphatic heterocycles. The molecule has 1 aromatic heterocycles. The maximum atomic E-state index is 13.9. The fraction of sp³-hybridized carbons (Fsp3) is 0.412. The van der Waals surface area contributed by atoms with Crippen molar-refractivity contribution in [2.24, 2.45) is 0 Å². The summed E-state index contributed by atoms with van der Waals surface area (Å²) in [5.41, 5.74) is 1.55. The molecule has 1 aliphatic carbocycles. The number of benzene rings is 1. The van der Waals surface area contributed by atoms with Crippen LogP contribution in [0.2, 0.25) is 0 Å². The molecular weight excluding hydrogens is 298 g/mol. The van der Waals surface area contributed by atoms with Gasteiger partial charge in [-0.25, -0.2) is 18.7 Å². The Morgan fingerprint density at radius 1 is 1.17 bits per heavy atom. The summed E-state index contributed by atoms with van der Waals surface area (Å²) in [4.78, 5) is 10.9. The van der Waals surface area contributed by atoms with Crippen molar-refractivity contribution in [3.05, 3.63) is 41.7 Å². The van der Waals surface area contributed by atoms with E-state index in [-0.39, 0.29) is 0 Å². The van der Waals surface area contributed by atoms with E-state index in [1.807, 2.05) is 0 Å². The highest BCUT2D eigenvalue weighted by atomic mass is 19.1. The molecule has 1 aromatic carbocycles. The van der Waals surface area contributed by atoms with Gasteiger partial charge in [-0.1, -0.05) is 0 Å². The number of hydrogen-bond acceptors (Lipinski definition) is 4. The van der Waals surface area contributed by atoms with Crippen molar-refractivity contribution < 1.29 is 8.78 Å². The van der Waals surface area contributed by atoms with E-state index in [4.69, 9.17) is 0 Å². The van der Waals surface area contributed by atoms with Crippen LogP contribution >= 0.6 is 0 Å². The first-order chi connectivity index (χ1) is 10.9. The summed E-state index contributed by atoms with van der Waals surface area (Å²) >= 11 is 0. The normalized spacial score (nSPS) is 20.4. The molecule has 6 heteroatoms. The Balaban J connectivity index is 1.74. The van der Waals surface area contributed by atoms with E-state index < -0.39 is 11.6 Å². The zero-order valence-electron chi connectivity index (χ0n) is 13.5. The molecule has 2 aromatic rings. The van der Waals surface area contributed by atoms with Gasteiger partial charge in [-0.2, -0.15) is 0 Å². The van der Waals surface area contributed by atoms with Crippen LogP contribution in [0.1, 0.15) is 18.5 Å². The zero-order valence-corrected chi connectivity index (χ0v) is 13.5. The third-order valence-corrected chi connectivity index (χ3v) is 4.38. The van der Waals surface area contributed by atoms with Crippen molar-refractivity contribution in [3.8, 4) is 11.1 Å². The van der Waals surface area contributed by atoms with E-state index in [1.54, 1.807) is 13.1 Å². The van der Waals surface area contributed by atoms with Crippen LogP contribution < -0.4 is 5.32 Å². The molecule has 0 amide bonds. The summed E-state index contributed by atoms with van der Waals surface area (Å²) in [5.74, 6) is -0.648. The van der Waals surface area contributed by atoms with E-state index in [9.17, 15) is 8.78 Å². The van der Waals surface area contributed by atoms with Crippen LogP contribution in [-0.4, -0.2) is 41.0 Å². The predicted octanol–water partition coefficient (Wildman–Crippen LogP) is 3.23. The lowest BCUT2D eigenvalue weighted by molar-refractivity contribution is 0.177. The van der Waals surface area contributed by atoms with Crippen LogP contribution in [0.25, 0.3) is 11.1 Å². The lowest BCUT2D eigenvalue weighted by Crippen LogP contribution is -2.47. The SMILES string of the molecule is Cc1nc(NC2CC(N(C)C)C2)ncc1-c1ccc(F)cc1F. The Hall–Kier alpha value is -2.08. The second kappa shape index (κ2) is 6.20. The standard InChI is InChI=1S/C17H20F2N4/c1-10-15(14-5-4-11(18)6-16(14)19)9-20-17(21-10)22-12-7-13(8-12)23(2)3/h4-6,9,12-13H,7-8H2,1-3H3,(H,20,21,22). The van der Waals surface area contributed by atoms with Gasteiger partial charge in [0.1, 0.15) is 11.6 Å². The van der Waals surface area contributed by atoms with E-state index >= 15 is 0 Å². The minimum Gasteiger partial charge on any atom is -0.351 e. The van der Waals surface area contributed by atoms with E-state index in [2.05, 4.69) is 34.3 Å². The minimum atomic E-state index is -0.606. The fourth-order valence-electron chi connectivity index (χ4n) is 2.82. The zero-order chi connectivity index (χ0) is 16.6. The molecule has 1 heterocycles. The summed E-state index contributed by atoms with van der Waals surface area (Å²) in [5, 5.41) is 3.30. The second-order valence-corrected chi connectivity index (χ2v) is 6.25. The van der Waals surface area contributed by atoms with Crippen LogP contribution in [0.15, 0.2) is 24.4 Å². The van der Waals surface area contributed by atoms with Crippen molar-refractivity contribution in [1.82, 2.24) is 14.9 Å². The Morgan fingerprint density at radius 2 is 1.91 bits per heavy atom. The van der Waals surface area contributed by atoms with Gasteiger partial charge in [0.2, 0.25) is 5.95 Å². The molecule has 23 heavy (non-hydrogen) atoms. The lowest BCUT2D eigenvalue weighted by atomic mass is 9.86. The number of halogens is 2. The molecule has 122 valence electrons. The first kappa shape index (κ1) is 15.8. The van der Waals surface area contributed by atoms with Gasteiger partial charge in [-0.05, 0) is 46.0 Å². The lowest BCUT2D eigenvalue weighted by Gasteiger charge is -2.39. The van der Waals surface area contributed by atoms with Crippen LogP contribution in [0.4, 0.5) is 14.7 Å². The molecule has 0 bridgehead atoms. The van der Waals surface area contributed by atoms with Gasteiger partial charge in [-0.3, -0.25) is 0 Å². The quantitative estimate of drug-likeness (QED) is 0.940. The average Bonchev–Trinajstić information content (AvgIpc) is 2.43. The third kappa shape index (κ3) is 3.32. The van der Waals surface area contributed by atoms with Gasteiger partial charge in [0, 0.05) is 35.5 Å². The van der Waals surface area contributed by atoms with Crippen molar-refractivity contribution in [1.29, 1.82) is 0 Å². The highest BCUT2D eigenvalue weighted by Crippen LogP contribution is 2.28. The maximum Gasteiger partial charge on any atom is 0.223 e. The number of hydrogen-bond donors (Lipinski definition) is 1. The summed E-state index contributed by atoms with van der Waals surface area (Å²) in [6, 6.07) is 4.49. The molecule has 0 atom stereocenters. The number of nitrogens with one attached hydrogen (secondary N) is 1. The molecule has 1 aliphatic rings. The molecule has 4 nitrogen and oxygen atoms in total. The fourth-order valence-corrected chi connectivity index (χ4v) is 2.82. The van der Waals surface area contributed by atoms with Gasteiger partial charge in [0.15, 0.2) is 0 Å². The topological polar surface area (TPSA) is 41.1 Å². The summed E-state index contributed by atoms with van der Waals surface area (Å²) < 4.78 is 26.9. The smallest absolute Gasteiger partial charge is 0.223 e. The van der Waals surface area contributed by atoms with Crippen LogP contribution in [0, 0.1) is 18.6 Å². The van der Waals surface area contributed by atoms with E-state index in [1.165, 1.54) is 12.1 Å². The largest absolute Gasteiger partial charge is 0.351 e. The monoisotopic (exact) mass is 318 g/mol. The van der Waals surface area contributed by atoms with Crippen LogP contribution in [0.5, 0.6) is 0 Å². The first-order valence-electron chi connectivity index (χ1n) is 7.66. The Labute approximate surface area is 134 Å². The molecular formula is C17H20F2N4. The van der Waals surface area contributed by atoms with Gasteiger partial charge >= 0.3 is 0 Å². The van der Waals surface area contributed by atoms with Crippen LogP contribution in [-0.2, 0) is 0 Å². The molecule has 0 unspecified atom stereocenters. The van der Waals surface area contributed by atoms with Crippen molar-refractivity contribution in [3.63, 3.8) is 0 Å². The molecule has 1 saturated carbocycles. The van der Waals surface area contributed by atoms with Gasteiger partial charge in [0.05, 0.1) is 5.69 Å². The van der Waals surface area contributed by atoms with Gasteiger partial charge < -0.3 is 10.2 Å². The number of aromatic nitrogens is 2. The highest BCUT2D eigenvalue weighted by Gasteiger charge is 2.30. The molecule has 1 fully saturated rings. The number of rotatable bonds is 4. The summed E-state index contributed by atoms with van der Waals surface area (Å²) in [6.07, 6.45) is 3.70. The molecule has 0 saturated heterocycles. The molecule has 0 radical (unpaired) electrons. The molecule has 0 spiro atoms. The van der Waals surface area contributed by atoms with Crippen molar-refractivity contribution >= 4 is 5.95 Å². The third-order valence-electron chi connectivity index (χ3n) is 4.38. The van der Waals surface area contributed by atoms with Gasteiger partial charge in [0.25, 0.3) is 0 Å². The average molecular weight is 318 g/mol. The molecule has 3 rings (SSSR count). The second-order valence-electron chi connectivity index (χ2n) is 6.25. The first-order valence-corrected chi connectivity index (χ1v) is 7.66. The maximum absolute atomic E-state index is 13.9. The Bertz CT molecular complexity index is 712. The summed E-state index contributed by atoms with van der Waals surface area (Å²) in [7, 11) is 4.15. The predicted molar refractivity (Wildman–Crippen MR) is 86.2 cm³/mol. The van der Waals surface area contributed by atoms with Gasteiger partial charge in [-0.15, -0.1) is 0 Å². The van der Waals surface area contributed by atoms with E-state index in [0.29, 0.717) is 34.9 Å². The highest BCUT2D eigenvalue weighted by molar-refractivity contribution is 5.66. The molecule has 1 N–H and O–H groups in total. The Kier molecular flexibility index (Phi) is 4.26. The van der Waals surface area contributed by atoms with Crippen molar-refractivity contribution in [2.45, 2.75) is 31.8 Å². The van der Waals surface area contributed by atoms with Crippen molar-refractivity contribution in [2.75, 3.05) is 19.4 Å².